The minimum absolute atomic E-state index is 0.0906. The molecule has 1 heterocycles. The van der Waals surface area contributed by atoms with Gasteiger partial charge in [-0.05, 0) is 24.5 Å². The van der Waals surface area contributed by atoms with Crippen molar-refractivity contribution in [1.29, 1.82) is 0 Å². The highest BCUT2D eigenvalue weighted by molar-refractivity contribution is 5.94. The molecule has 10 heteroatoms. The summed E-state index contributed by atoms with van der Waals surface area (Å²) < 4.78 is 31.3. The molecule has 3 amide bonds. The van der Waals surface area contributed by atoms with Gasteiger partial charge in [-0.25, -0.2) is 13.6 Å². The van der Waals surface area contributed by atoms with Gasteiger partial charge in [-0.3, -0.25) is 14.5 Å². The number of anilines is 1. The van der Waals surface area contributed by atoms with E-state index in [4.69, 9.17) is 4.74 Å². The number of nitrogens with zero attached hydrogens (tertiary/aromatic N) is 2. The summed E-state index contributed by atoms with van der Waals surface area (Å²) >= 11 is 0. The maximum Gasteiger partial charge on any atom is 0.409 e. The maximum absolute atomic E-state index is 13.2. The fourth-order valence-corrected chi connectivity index (χ4v) is 2.86. The summed E-state index contributed by atoms with van der Waals surface area (Å²) in [6, 6.07) is 3.00. The molecular formula is C20H28F2N4O4. The zero-order valence-corrected chi connectivity index (χ0v) is 17.2. The Bertz CT molecular complexity index is 760. The van der Waals surface area contributed by atoms with Gasteiger partial charge in [0.15, 0.2) is 11.6 Å². The highest BCUT2D eigenvalue weighted by Crippen LogP contribution is 2.12. The van der Waals surface area contributed by atoms with Gasteiger partial charge in [0, 0.05) is 37.9 Å². The molecule has 0 unspecified atom stereocenters. The summed E-state index contributed by atoms with van der Waals surface area (Å²) in [5.74, 6) is -2.71. The fraction of sp³-hybridized carbons (Fsp3) is 0.550. The summed E-state index contributed by atoms with van der Waals surface area (Å²) in [6.07, 6.45) is 0.365. The number of carbonyl (C=O) groups is 3. The molecule has 0 aromatic heterocycles. The highest BCUT2D eigenvalue weighted by atomic mass is 19.2. The van der Waals surface area contributed by atoms with Crippen molar-refractivity contribution < 1.29 is 27.9 Å². The molecule has 8 nitrogen and oxygen atoms in total. The lowest BCUT2D eigenvalue weighted by atomic mass is 10.2. The van der Waals surface area contributed by atoms with Crippen LogP contribution in [0.3, 0.4) is 0 Å². The van der Waals surface area contributed by atoms with Crippen LogP contribution in [0.4, 0.5) is 19.3 Å². The number of rotatable bonds is 7. The second-order valence-electron chi connectivity index (χ2n) is 7.54. The van der Waals surface area contributed by atoms with Crippen LogP contribution in [0.1, 0.15) is 20.3 Å². The van der Waals surface area contributed by atoms with Crippen molar-refractivity contribution in [3.05, 3.63) is 29.8 Å². The van der Waals surface area contributed by atoms with Crippen molar-refractivity contribution in [1.82, 2.24) is 15.1 Å². The average Bonchev–Trinajstić information content (AvgIpc) is 2.93. The molecule has 0 radical (unpaired) electrons. The van der Waals surface area contributed by atoms with Gasteiger partial charge in [-0.1, -0.05) is 13.8 Å². The van der Waals surface area contributed by atoms with Crippen molar-refractivity contribution >= 4 is 23.6 Å². The average molecular weight is 426 g/mol. The summed E-state index contributed by atoms with van der Waals surface area (Å²) in [4.78, 5) is 39.6. The molecule has 0 saturated carbocycles. The smallest absolute Gasteiger partial charge is 0.409 e. The monoisotopic (exact) mass is 426 g/mol. The predicted molar refractivity (Wildman–Crippen MR) is 107 cm³/mol. The largest absolute Gasteiger partial charge is 0.449 e. The number of halogens is 2. The first-order valence-corrected chi connectivity index (χ1v) is 9.90. The predicted octanol–water partition coefficient (Wildman–Crippen LogP) is 1.82. The Morgan fingerprint density at radius 2 is 1.83 bits per heavy atom. The second kappa shape index (κ2) is 11.4. The summed E-state index contributed by atoms with van der Waals surface area (Å²) in [5.41, 5.74) is 0.102. The van der Waals surface area contributed by atoms with E-state index in [0.29, 0.717) is 39.2 Å². The fourth-order valence-electron chi connectivity index (χ4n) is 2.86. The lowest BCUT2D eigenvalue weighted by Crippen LogP contribution is -2.42. The van der Waals surface area contributed by atoms with Crippen molar-refractivity contribution in [3.8, 4) is 0 Å². The Labute approximate surface area is 174 Å². The number of amides is 3. The van der Waals surface area contributed by atoms with E-state index in [0.717, 1.165) is 12.1 Å². The molecule has 0 bridgehead atoms. The first kappa shape index (κ1) is 23.5. The molecule has 0 spiro atoms. The standard InChI is InChI=1S/C20H28F2N4O4/c1-14(2)13-30-20(29)26-7-3-6-25(8-9-26)12-19(28)23-11-18(27)24-15-4-5-16(21)17(22)10-15/h4-5,10,14H,3,6-9,11-13H2,1-2H3,(H,23,28)(H,24,27). The molecule has 1 aromatic carbocycles. The van der Waals surface area contributed by atoms with Crippen LogP contribution in [0, 0.1) is 17.6 Å². The molecule has 1 saturated heterocycles. The van der Waals surface area contributed by atoms with E-state index in [1.807, 2.05) is 18.7 Å². The van der Waals surface area contributed by atoms with Crippen molar-refractivity contribution in [2.45, 2.75) is 20.3 Å². The Morgan fingerprint density at radius 1 is 1.07 bits per heavy atom. The summed E-state index contributed by atoms with van der Waals surface area (Å²) in [7, 11) is 0. The Hall–Kier alpha value is -2.75. The minimum atomic E-state index is -1.07. The summed E-state index contributed by atoms with van der Waals surface area (Å²) in [6.45, 7) is 6.28. The third kappa shape index (κ3) is 7.94. The quantitative estimate of drug-likeness (QED) is 0.694. The van der Waals surface area contributed by atoms with Crippen LogP contribution in [-0.4, -0.2) is 73.6 Å². The number of hydrogen-bond donors (Lipinski definition) is 2. The number of carbonyl (C=O) groups excluding carboxylic acids is 3. The normalized spacial score (nSPS) is 14.9. The van der Waals surface area contributed by atoms with Gasteiger partial charge in [0.25, 0.3) is 0 Å². The SMILES string of the molecule is CC(C)COC(=O)N1CCCN(CC(=O)NCC(=O)Nc2ccc(F)c(F)c2)CC1. The van der Waals surface area contributed by atoms with E-state index in [1.165, 1.54) is 6.07 Å². The molecule has 1 aliphatic heterocycles. The minimum Gasteiger partial charge on any atom is -0.449 e. The van der Waals surface area contributed by atoms with E-state index < -0.39 is 17.5 Å². The van der Waals surface area contributed by atoms with E-state index in [1.54, 1.807) is 4.90 Å². The molecule has 2 rings (SSSR count). The van der Waals surface area contributed by atoms with E-state index in [2.05, 4.69) is 10.6 Å². The Kier molecular flexibility index (Phi) is 8.97. The molecule has 0 atom stereocenters. The first-order chi connectivity index (χ1) is 14.2. The first-order valence-electron chi connectivity index (χ1n) is 9.90. The van der Waals surface area contributed by atoms with Crippen LogP contribution in [-0.2, 0) is 14.3 Å². The third-order valence-corrected chi connectivity index (χ3v) is 4.40. The zero-order valence-electron chi connectivity index (χ0n) is 17.2. The van der Waals surface area contributed by atoms with Crippen LogP contribution in [0.2, 0.25) is 0 Å². The van der Waals surface area contributed by atoms with E-state index in [-0.39, 0.29) is 36.7 Å². The topological polar surface area (TPSA) is 91.0 Å². The Balaban J connectivity index is 1.71. The molecular weight excluding hydrogens is 398 g/mol. The van der Waals surface area contributed by atoms with E-state index >= 15 is 0 Å². The number of benzene rings is 1. The molecule has 0 aliphatic carbocycles. The van der Waals surface area contributed by atoms with Crippen LogP contribution in [0.15, 0.2) is 18.2 Å². The molecule has 1 aliphatic rings. The van der Waals surface area contributed by atoms with Crippen molar-refractivity contribution in [2.24, 2.45) is 5.92 Å². The van der Waals surface area contributed by atoms with Gasteiger partial charge in [0.1, 0.15) is 0 Å². The van der Waals surface area contributed by atoms with Crippen molar-refractivity contribution in [3.63, 3.8) is 0 Å². The molecule has 30 heavy (non-hydrogen) atoms. The van der Waals surface area contributed by atoms with Crippen LogP contribution >= 0.6 is 0 Å². The van der Waals surface area contributed by atoms with Crippen LogP contribution in [0.25, 0.3) is 0 Å². The maximum atomic E-state index is 13.2. The van der Waals surface area contributed by atoms with Crippen molar-refractivity contribution in [2.75, 3.05) is 51.2 Å². The third-order valence-electron chi connectivity index (χ3n) is 4.40. The molecule has 2 N–H and O–H groups in total. The Morgan fingerprint density at radius 3 is 2.53 bits per heavy atom. The van der Waals surface area contributed by atoms with Crippen LogP contribution < -0.4 is 10.6 Å². The summed E-state index contributed by atoms with van der Waals surface area (Å²) in [5, 5.41) is 4.88. The number of hydrogen-bond acceptors (Lipinski definition) is 5. The lowest BCUT2D eigenvalue weighted by molar-refractivity contribution is -0.125. The molecule has 1 aromatic rings. The van der Waals surface area contributed by atoms with Gasteiger partial charge < -0.3 is 20.3 Å². The zero-order chi connectivity index (χ0) is 22.1. The molecule has 1 fully saturated rings. The van der Waals surface area contributed by atoms with E-state index in [9.17, 15) is 23.2 Å². The number of ether oxygens (including phenoxy) is 1. The van der Waals surface area contributed by atoms with Gasteiger partial charge in [-0.2, -0.15) is 0 Å². The lowest BCUT2D eigenvalue weighted by Gasteiger charge is -2.21. The highest BCUT2D eigenvalue weighted by Gasteiger charge is 2.21. The van der Waals surface area contributed by atoms with Crippen LogP contribution in [0.5, 0.6) is 0 Å². The van der Waals surface area contributed by atoms with Gasteiger partial charge in [0.05, 0.1) is 19.7 Å². The van der Waals surface area contributed by atoms with Gasteiger partial charge in [0.2, 0.25) is 11.8 Å². The van der Waals surface area contributed by atoms with Gasteiger partial charge in [-0.15, -0.1) is 0 Å². The number of nitrogens with one attached hydrogen (secondary N) is 2. The molecule has 166 valence electrons. The second-order valence-corrected chi connectivity index (χ2v) is 7.54. The van der Waals surface area contributed by atoms with Gasteiger partial charge >= 0.3 is 6.09 Å².